The van der Waals surface area contributed by atoms with Gasteiger partial charge in [-0.15, -0.1) is 0 Å². The number of carbonyl (C=O) groups excluding carboxylic acids is 2. The Hall–Kier alpha value is -1.40. The monoisotopic (exact) mass is 328 g/mol. The third kappa shape index (κ3) is 2.26. The molecule has 2 rings (SSSR count). The molecule has 0 bridgehead atoms. The molecular formula is C13H13BrO5. The molecule has 0 spiro atoms. The van der Waals surface area contributed by atoms with Crippen LogP contribution >= 0.6 is 15.9 Å². The van der Waals surface area contributed by atoms with E-state index in [1.54, 1.807) is 18.2 Å². The number of benzene rings is 1. The van der Waals surface area contributed by atoms with E-state index in [1.807, 2.05) is 0 Å². The van der Waals surface area contributed by atoms with Crippen molar-refractivity contribution in [1.29, 1.82) is 0 Å². The molecule has 102 valence electrons. The van der Waals surface area contributed by atoms with Gasteiger partial charge in [-0.2, -0.15) is 0 Å². The molecule has 1 aromatic carbocycles. The molecule has 1 aromatic rings. The molecular weight excluding hydrogens is 316 g/mol. The Bertz CT molecular complexity index is 522. The molecule has 1 fully saturated rings. The van der Waals surface area contributed by atoms with Crippen molar-refractivity contribution in [3.05, 3.63) is 28.2 Å². The van der Waals surface area contributed by atoms with Crippen molar-refractivity contribution in [3.8, 4) is 5.75 Å². The van der Waals surface area contributed by atoms with Gasteiger partial charge in [-0.25, -0.2) is 0 Å². The van der Waals surface area contributed by atoms with Gasteiger partial charge < -0.3 is 14.2 Å². The maximum atomic E-state index is 12.6. The minimum Gasteiger partial charge on any atom is -0.496 e. The fraction of sp³-hybridized carbons (Fsp3) is 0.385. The van der Waals surface area contributed by atoms with Crippen molar-refractivity contribution in [2.24, 2.45) is 5.41 Å². The number of ketones is 1. The average Bonchev–Trinajstić information content (AvgIpc) is 2.36. The predicted molar refractivity (Wildman–Crippen MR) is 70.3 cm³/mol. The average molecular weight is 329 g/mol. The quantitative estimate of drug-likeness (QED) is 0.479. The zero-order valence-corrected chi connectivity index (χ0v) is 12.2. The Balaban J connectivity index is 2.43. The Morgan fingerprint density at radius 1 is 1.32 bits per heavy atom. The standard InChI is InChI=1S/C13H13BrO5/c1-17-10-4-3-8(14)5-9(10)11(15)13(6-19-7-13)12(16)18-2/h3-5H,6-7H2,1-2H3. The van der Waals surface area contributed by atoms with E-state index >= 15 is 0 Å². The van der Waals surface area contributed by atoms with Crippen LogP contribution in [0.3, 0.4) is 0 Å². The van der Waals surface area contributed by atoms with Gasteiger partial charge in [0, 0.05) is 4.47 Å². The molecule has 0 aromatic heterocycles. The molecule has 5 nitrogen and oxygen atoms in total. The maximum absolute atomic E-state index is 12.6. The first-order valence-corrected chi connectivity index (χ1v) is 6.39. The first-order valence-electron chi connectivity index (χ1n) is 5.59. The first kappa shape index (κ1) is 14.0. The van der Waals surface area contributed by atoms with Gasteiger partial charge >= 0.3 is 5.97 Å². The highest BCUT2D eigenvalue weighted by atomic mass is 79.9. The molecule has 0 amide bonds. The summed E-state index contributed by atoms with van der Waals surface area (Å²) in [6, 6.07) is 5.06. The molecule has 19 heavy (non-hydrogen) atoms. The van der Waals surface area contributed by atoms with E-state index in [4.69, 9.17) is 14.2 Å². The van der Waals surface area contributed by atoms with E-state index in [-0.39, 0.29) is 19.0 Å². The van der Waals surface area contributed by atoms with E-state index < -0.39 is 11.4 Å². The van der Waals surface area contributed by atoms with E-state index in [0.717, 1.165) is 4.47 Å². The van der Waals surface area contributed by atoms with Crippen LogP contribution in [0.15, 0.2) is 22.7 Å². The molecule has 1 aliphatic rings. The fourth-order valence-electron chi connectivity index (χ4n) is 1.96. The number of halogens is 1. The normalized spacial score (nSPS) is 16.4. The van der Waals surface area contributed by atoms with Crippen molar-refractivity contribution < 1.29 is 23.8 Å². The highest BCUT2D eigenvalue weighted by Gasteiger charge is 2.54. The molecule has 1 saturated heterocycles. The Morgan fingerprint density at radius 2 is 2.00 bits per heavy atom. The number of methoxy groups -OCH3 is 2. The molecule has 0 unspecified atom stereocenters. The number of carbonyl (C=O) groups is 2. The summed E-state index contributed by atoms with van der Waals surface area (Å²) in [6.07, 6.45) is 0. The van der Waals surface area contributed by atoms with Crippen LogP contribution in [0.25, 0.3) is 0 Å². The van der Waals surface area contributed by atoms with Crippen molar-refractivity contribution in [2.45, 2.75) is 0 Å². The Morgan fingerprint density at radius 3 is 2.47 bits per heavy atom. The van der Waals surface area contributed by atoms with E-state index in [1.165, 1.54) is 14.2 Å². The predicted octanol–water partition coefficient (Wildman–Crippen LogP) is 1.83. The highest BCUT2D eigenvalue weighted by molar-refractivity contribution is 9.10. The largest absolute Gasteiger partial charge is 0.496 e. The second-order valence-corrected chi connectivity index (χ2v) is 5.16. The zero-order chi connectivity index (χ0) is 14.0. The van der Waals surface area contributed by atoms with E-state index in [9.17, 15) is 9.59 Å². The first-order chi connectivity index (χ1) is 9.05. The lowest BCUT2D eigenvalue weighted by atomic mass is 9.78. The number of hydrogen-bond acceptors (Lipinski definition) is 5. The summed E-state index contributed by atoms with van der Waals surface area (Å²) < 4.78 is 15.6. The molecule has 0 aliphatic carbocycles. The lowest BCUT2D eigenvalue weighted by molar-refractivity contribution is -0.172. The van der Waals surface area contributed by atoms with Crippen molar-refractivity contribution in [2.75, 3.05) is 27.4 Å². The molecule has 0 saturated carbocycles. The van der Waals surface area contributed by atoms with Crippen LogP contribution in [0.5, 0.6) is 5.75 Å². The van der Waals surface area contributed by atoms with Crippen molar-refractivity contribution in [3.63, 3.8) is 0 Å². The summed E-state index contributed by atoms with van der Waals surface area (Å²) in [4.78, 5) is 24.4. The van der Waals surface area contributed by atoms with Gasteiger partial charge in [0.25, 0.3) is 0 Å². The minimum atomic E-state index is -1.25. The topological polar surface area (TPSA) is 61.8 Å². The lowest BCUT2D eigenvalue weighted by Gasteiger charge is -2.37. The lowest BCUT2D eigenvalue weighted by Crippen LogP contribution is -2.55. The van der Waals surface area contributed by atoms with Crippen LogP contribution in [0.1, 0.15) is 10.4 Å². The van der Waals surface area contributed by atoms with Crippen LogP contribution in [0.4, 0.5) is 0 Å². The summed E-state index contributed by atoms with van der Waals surface area (Å²) in [7, 11) is 2.73. The van der Waals surface area contributed by atoms with Gasteiger partial charge in [0.05, 0.1) is 33.0 Å². The van der Waals surface area contributed by atoms with Crippen molar-refractivity contribution in [1.82, 2.24) is 0 Å². The van der Waals surface area contributed by atoms with Gasteiger partial charge in [-0.3, -0.25) is 9.59 Å². The van der Waals surface area contributed by atoms with Crippen LogP contribution in [0, 0.1) is 5.41 Å². The molecule has 0 radical (unpaired) electrons. The van der Waals surface area contributed by atoms with Gasteiger partial charge in [0.1, 0.15) is 5.75 Å². The van der Waals surface area contributed by atoms with Gasteiger partial charge in [0.15, 0.2) is 11.2 Å². The minimum absolute atomic E-state index is 0.0359. The molecule has 1 heterocycles. The number of rotatable bonds is 4. The fourth-order valence-corrected chi connectivity index (χ4v) is 2.32. The van der Waals surface area contributed by atoms with Crippen LogP contribution in [-0.4, -0.2) is 39.2 Å². The number of esters is 1. The molecule has 0 N–H and O–H groups in total. The Kier molecular flexibility index (Phi) is 3.91. The summed E-state index contributed by atoms with van der Waals surface area (Å²) in [6.45, 7) is 0.0718. The van der Waals surface area contributed by atoms with E-state index in [0.29, 0.717) is 11.3 Å². The Labute approximate surface area is 119 Å². The second kappa shape index (κ2) is 5.30. The third-order valence-electron chi connectivity index (χ3n) is 3.11. The van der Waals surface area contributed by atoms with Gasteiger partial charge in [-0.05, 0) is 18.2 Å². The zero-order valence-electron chi connectivity index (χ0n) is 10.6. The summed E-state index contributed by atoms with van der Waals surface area (Å²) in [5.74, 6) is -0.502. The number of Topliss-reactive ketones (excluding diaryl/α,β-unsaturated/α-hetero) is 1. The van der Waals surface area contributed by atoms with Crippen LogP contribution < -0.4 is 4.74 Å². The van der Waals surface area contributed by atoms with Crippen LogP contribution in [-0.2, 0) is 14.3 Å². The second-order valence-electron chi connectivity index (χ2n) is 4.24. The number of ether oxygens (including phenoxy) is 3. The van der Waals surface area contributed by atoms with Crippen molar-refractivity contribution >= 4 is 27.7 Å². The summed E-state index contributed by atoms with van der Waals surface area (Å²) in [5, 5.41) is 0. The van der Waals surface area contributed by atoms with Gasteiger partial charge in [0.2, 0.25) is 0 Å². The van der Waals surface area contributed by atoms with Crippen LogP contribution in [0.2, 0.25) is 0 Å². The molecule has 0 atom stereocenters. The van der Waals surface area contributed by atoms with E-state index in [2.05, 4.69) is 15.9 Å². The summed E-state index contributed by atoms with van der Waals surface area (Å²) >= 11 is 3.30. The molecule has 1 aliphatic heterocycles. The van der Waals surface area contributed by atoms with Gasteiger partial charge in [-0.1, -0.05) is 15.9 Å². The smallest absolute Gasteiger partial charge is 0.324 e. The SMILES string of the molecule is COC(=O)C1(C(=O)c2cc(Br)ccc2OC)COC1. The number of hydrogen-bond donors (Lipinski definition) is 0. The molecule has 6 heteroatoms. The maximum Gasteiger partial charge on any atom is 0.324 e. The third-order valence-corrected chi connectivity index (χ3v) is 3.61. The highest BCUT2D eigenvalue weighted by Crippen LogP contribution is 2.36. The summed E-state index contributed by atoms with van der Waals surface area (Å²) in [5.41, 5.74) is -0.909.